The highest BCUT2D eigenvalue weighted by molar-refractivity contribution is 7.47. The average Bonchev–Trinajstić information content (AvgIpc) is 3.32. The fraction of sp³-hybridized carbons (Fsp3) is 0.873. The first-order chi connectivity index (χ1) is 33.3. The third-order valence-corrected chi connectivity index (χ3v) is 14.4. The van der Waals surface area contributed by atoms with Crippen molar-refractivity contribution >= 4 is 13.7 Å². The second-order valence-electron chi connectivity index (χ2n) is 20.0. The summed E-state index contributed by atoms with van der Waals surface area (Å²) in [6.07, 6.45) is 39.4. The summed E-state index contributed by atoms with van der Waals surface area (Å²) in [5.74, 6) is -0.605. The first kappa shape index (κ1) is 65.5. The number of carbonyl (C=O) groups is 1. The summed E-state index contributed by atoms with van der Waals surface area (Å²) in [7, 11) is -5.16. The maximum atomic E-state index is 13.1. The lowest BCUT2D eigenvalue weighted by Gasteiger charge is -2.41. The minimum absolute atomic E-state index is 0.257. The molecule has 0 radical (unpaired) electrons. The van der Waals surface area contributed by atoms with Gasteiger partial charge in [0.05, 0.1) is 31.3 Å². The molecule has 1 aliphatic rings. The molecular formula is C55H104NO12P. The maximum absolute atomic E-state index is 13.1. The van der Waals surface area contributed by atoms with Crippen molar-refractivity contribution < 1.29 is 59.0 Å². The summed E-state index contributed by atoms with van der Waals surface area (Å²) >= 11 is 0. The van der Waals surface area contributed by atoms with Crippen LogP contribution in [0.5, 0.6) is 0 Å². The SMILES string of the molecule is CCCCCCCCCCCCCC/C=C\CCCCCCCC(O)CC(=O)NC(COP(=O)(O)OC1C(O)C(O)C(O)C(O)C1O)C(O)/C=C/CC/C=C/CCCCCCCCCCCCCC. The number of unbranched alkanes of at least 4 members (excludes halogenated alkanes) is 30. The highest BCUT2D eigenvalue weighted by Gasteiger charge is 2.51. The van der Waals surface area contributed by atoms with Gasteiger partial charge in [0.15, 0.2) is 0 Å². The summed E-state index contributed by atoms with van der Waals surface area (Å²) in [6, 6.07) is -1.26. The average molecular weight is 1000 g/mol. The van der Waals surface area contributed by atoms with E-state index in [9.17, 15) is 50.0 Å². The van der Waals surface area contributed by atoms with Gasteiger partial charge in [-0.3, -0.25) is 13.8 Å². The highest BCUT2D eigenvalue weighted by atomic mass is 31.2. The van der Waals surface area contributed by atoms with Crippen molar-refractivity contribution in [1.29, 1.82) is 0 Å². The van der Waals surface area contributed by atoms with E-state index in [2.05, 4.69) is 43.5 Å². The lowest BCUT2D eigenvalue weighted by molar-refractivity contribution is -0.220. The molecule has 0 spiro atoms. The van der Waals surface area contributed by atoms with Crippen LogP contribution in [0.25, 0.3) is 0 Å². The second-order valence-corrected chi connectivity index (χ2v) is 21.4. The van der Waals surface area contributed by atoms with Crippen molar-refractivity contribution in [3.8, 4) is 0 Å². The number of phosphoric acid groups is 1. The molecule has 0 aromatic rings. The quantitative estimate of drug-likeness (QED) is 0.0158. The first-order valence-corrected chi connectivity index (χ1v) is 29.5. The Bertz CT molecular complexity index is 1320. The van der Waals surface area contributed by atoms with Crippen LogP contribution in [0.1, 0.15) is 245 Å². The fourth-order valence-electron chi connectivity index (χ4n) is 8.90. The number of hydrogen-bond acceptors (Lipinski definition) is 11. The third kappa shape index (κ3) is 35.3. The Labute approximate surface area is 419 Å². The smallest absolute Gasteiger partial charge is 0.393 e. The van der Waals surface area contributed by atoms with Gasteiger partial charge in [0, 0.05) is 0 Å². The van der Waals surface area contributed by atoms with Crippen molar-refractivity contribution in [3.05, 3.63) is 36.5 Å². The Hall–Kier alpha value is -1.48. The number of amides is 1. The minimum atomic E-state index is -5.16. The number of allylic oxidation sites excluding steroid dienone is 5. The molecule has 1 amide bonds. The minimum Gasteiger partial charge on any atom is -0.393 e. The van der Waals surface area contributed by atoms with Crippen molar-refractivity contribution in [1.82, 2.24) is 5.32 Å². The largest absolute Gasteiger partial charge is 0.472 e. The van der Waals surface area contributed by atoms with Crippen LogP contribution >= 0.6 is 7.82 Å². The number of aliphatic hydroxyl groups is 7. The van der Waals surface area contributed by atoms with Crippen LogP contribution < -0.4 is 5.32 Å². The number of hydrogen-bond donors (Lipinski definition) is 9. The van der Waals surface area contributed by atoms with Gasteiger partial charge in [0.25, 0.3) is 0 Å². The first-order valence-electron chi connectivity index (χ1n) is 28.0. The number of nitrogens with one attached hydrogen (secondary N) is 1. The molecule has 8 atom stereocenters. The van der Waals surface area contributed by atoms with Crippen molar-refractivity contribution in [2.45, 2.75) is 300 Å². The lowest BCUT2D eigenvalue weighted by Crippen LogP contribution is -2.64. The van der Waals surface area contributed by atoms with E-state index in [-0.39, 0.29) is 6.42 Å². The van der Waals surface area contributed by atoms with Crippen LogP contribution in [-0.4, -0.2) is 108 Å². The van der Waals surface area contributed by atoms with Crippen LogP contribution in [-0.2, 0) is 18.4 Å². The van der Waals surface area contributed by atoms with Crippen molar-refractivity contribution in [2.75, 3.05) is 6.61 Å². The summed E-state index contributed by atoms with van der Waals surface area (Å²) in [4.78, 5) is 23.6. The van der Waals surface area contributed by atoms with Gasteiger partial charge in [-0.05, 0) is 57.8 Å². The van der Waals surface area contributed by atoms with Crippen LogP contribution in [0.4, 0.5) is 0 Å². The number of carbonyl (C=O) groups excluding carboxylic acids is 1. The van der Waals surface area contributed by atoms with E-state index in [0.717, 1.165) is 64.2 Å². The number of rotatable bonds is 47. The molecule has 0 saturated heterocycles. The molecule has 13 nitrogen and oxygen atoms in total. The molecule has 69 heavy (non-hydrogen) atoms. The van der Waals surface area contributed by atoms with Gasteiger partial charge < -0.3 is 46.0 Å². The summed E-state index contributed by atoms with van der Waals surface area (Å²) in [5, 5.41) is 74.8. The van der Waals surface area contributed by atoms with Gasteiger partial charge >= 0.3 is 7.82 Å². The summed E-state index contributed by atoms with van der Waals surface area (Å²) in [6.45, 7) is 3.77. The van der Waals surface area contributed by atoms with E-state index >= 15 is 0 Å². The molecule has 406 valence electrons. The van der Waals surface area contributed by atoms with Crippen molar-refractivity contribution in [2.24, 2.45) is 0 Å². The highest BCUT2D eigenvalue weighted by Crippen LogP contribution is 2.47. The zero-order valence-corrected chi connectivity index (χ0v) is 44.4. The molecule has 0 aliphatic heterocycles. The molecule has 0 aromatic carbocycles. The maximum Gasteiger partial charge on any atom is 0.472 e. The van der Waals surface area contributed by atoms with Gasteiger partial charge in [-0.2, -0.15) is 0 Å². The van der Waals surface area contributed by atoms with E-state index in [1.807, 2.05) is 0 Å². The zero-order chi connectivity index (χ0) is 50.8. The number of phosphoric ester groups is 1. The Morgan fingerprint density at radius 1 is 0.507 bits per heavy atom. The number of aliphatic hydroxyl groups excluding tert-OH is 7. The van der Waals surface area contributed by atoms with E-state index in [1.165, 1.54) is 154 Å². The Kier molecular flexibility index (Phi) is 41.8. The molecule has 1 aliphatic carbocycles. The molecule has 9 N–H and O–H groups in total. The monoisotopic (exact) mass is 1000 g/mol. The zero-order valence-electron chi connectivity index (χ0n) is 43.5. The predicted molar refractivity (Wildman–Crippen MR) is 280 cm³/mol. The van der Waals surface area contributed by atoms with Crippen LogP contribution in [0.15, 0.2) is 36.5 Å². The Morgan fingerprint density at radius 3 is 1.28 bits per heavy atom. The van der Waals surface area contributed by atoms with Gasteiger partial charge in [-0.1, -0.05) is 217 Å². The molecule has 1 rings (SSSR count). The molecule has 14 heteroatoms. The normalized spacial score (nSPS) is 22.2. The fourth-order valence-corrected chi connectivity index (χ4v) is 9.87. The second kappa shape index (κ2) is 44.0. The summed E-state index contributed by atoms with van der Waals surface area (Å²) < 4.78 is 23.0. The predicted octanol–water partition coefficient (Wildman–Crippen LogP) is 11.3. The van der Waals surface area contributed by atoms with E-state index in [1.54, 1.807) is 6.08 Å². The van der Waals surface area contributed by atoms with Gasteiger partial charge in [-0.15, -0.1) is 0 Å². The molecular weight excluding hydrogens is 898 g/mol. The Balaban J connectivity index is 2.46. The lowest BCUT2D eigenvalue weighted by atomic mass is 9.85. The van der Waals surface area contributed by atoms with Crippen molar-refractivity contribution in [3.63, 3.8) is 0 Å². The molecule has 1 saturated carbocycles. The van der Waals surface area contributed by atoms with E-state index < -0.39 is 75.2 Å². The van der Waals surface area contributed by atoms with Gasteiger partial charge in [-0.25, -0.2) is 4.57 Å². The van der Waals surface area contributed by atoms with Gasteiger partial charge in [0.2, 0.25) is 5.91 Å². The molecule has 1 fully saturated rings. The molecule has 8 unspecified atom stereocenters. The Morgan fingerprint density at radius 2 is 0.855 bits per heavy atom. The van der Waals surface area contributed by atoms with E-state index in [4.69, 9.17) is 9.05 Å². The van der Waals surface area contributed by atoms with Gasteiger partial charge in [0.1, 0.15) is 36.6 Å². The van der Waals surface area contributed by atoms with Crippen LogP contribution in [0, 0.1) is 0 Å². The molecule has 0 heterocycles. The van der Waals surface area contributed by atoms with Crippen LogP contribution in [0.3, 0.4) is 0 Å². The van der Waals surface area contributed by atoms with Crippen LogP contribution in [0.2, 0.25) is 0 Å². The topological polar surface area (TPSA) is 226 Å². The molecule has 0 bridgehead atoms. The van der Waals surface area contributed by atoms with E-state index in [0.29, 0.717) is 12.8 Å². The summed E-state index contributed by atoms with van der Waals surface area (Å²) in [5.41, 5.74) is 0. The molecule has 0 aromatic heterocycles. The third-order valence-electron chi connectivity index (χ3n) is 13.4. The standard InChI is InChI=1S/C55H104NO12P/c1-3-5-7-9-11-13-15-17-19-21-23-24-25-26-28-30-32-34-36-38-40-42-46(57)44-49(59)56-47(45-67-69(65,66)68-55-53(63)51(61)50(60)52(62)54(55)64)48(58)43-41-39-37-35-33-31-29-27-22-20-18-16-14-12-10-8-6-4-2/h26,28,33,35,41,43,46-48,50-55,57-58,60-64H,3-25,27,29-32,34,36-40,42,44-45H2,1-2H3,(H,56,59)(H,65,66)/b28-26-,35-33+,43-41+.